The fourth-order valence-electron chi connectivity index (χ4n) is 2.05. The molecule has 0 spiro atoms. The van der Waals surface area contributed by atoms with Gasteiger partial charge in [0.25, 0.3) is 0 Å². The molecule has 1 aromatic heterocycles. The molecule has 0 saturated carbocycles. The Morgan fingerprint density at radius 1 is 1.35 bits per heavy atom. The lowest BCUT2D eigenvalue weighted by atomic mass is 10.0. The Bertz CT molecular complexity index is 556. The van der Waals surface area contributed by atoms with Crippen molar-refractivity contribution in [2.24, 2.45) is 5.84 Å². The second-order valence-corrected chi connectivity index (χ2v) is 5.38. The van der Waals surface area contributed by atoms with Crippen molar-refractivity contribution in [2.45, 2.75) is 19.5 Å². The zero-order valence-corrected chi connectivity index (χ0v) is 12.2. The van der Waals surface area contributed by atoms with E-state index in [2.05, 4.69) is 15.3 Å². The Kier molecular flexibility index (Phi) is 5.23. The molecule has 20 heavy (non-hydrogen) atoms. The van der Waals surface area contributed by atoms with Gasteiger partial charge in [-0.15, -0.1) is 11.3 Å². The molecule has 0 aliphatic rings. The number of carbonyl (C=O) groups is 1. The van der Waals surface area contributed by atoms with Gasteiger partial charge in [-0.25, -0.2) is 10.8 Å². The summed E-state index contributed by atoms with van der Waals surface area (Å²) in [4.78, 5) is 17.9. The Balaban J connectivity index is 2.02. The fraction of sp³-hybridized carbons (Fsp3) is 0.286. The van der Waals surface area contributed by atoms with Crippen molar-refractivity contribution in [3.63, 3.8) is 0 Å². The number of nitrogens with two attached hydrogens (primary N) is 1. The first-order valence-electron chi connectivity index (χ1n) is 6.31. The first-order chi connectivity index (χ1) is 9.69. The van der Waals surface area contributed by atoms with Crippen LogP contribution in [0.25, 0.3) is 0 Å². The van der Waals surface area contributed by atoms with E-state index < -0.39 is 0 Å². The van der Waals surface area contributed by atoms with Crippen LogP contribution in [0.4, 0.5) is 0 Å². The van der Waals surface area contributed by atoms with E-state index in [-0.39, 0.29) is 5.91 Å². The molecule has 1 amide bonds. The average Bonchev–Trinajstić information content (AvgIpc) is 2.93. The Hall–Kier alpha value is -1.76. The molecule has 0 radical (unpaired) electrons. The van der Waals surface area contributed by atoms with Gasteiger partial charge in [-0.05, 0) is 18.2 Å². The number of thiazole rings is 1. The second-order valence-electron chi connectivity index (χ2n) is 4.67. The molecule has 0 unspecified atom stereocenters. The highest BCUT2D eigenvalue weighted by Gasteiger charge is 2.09. The monoisotopic (exact) mass is 290 g/mol. The van der Waals surface area contributed by atoms with Gasteiger partial charge in [0.2, 0.25) is 5.91 Å². The van der Waals surface area contributed by atoms with Gasteiger partial charge in [0.15, 0.2) is 0 Å². The normalized spacial score (nSPS) is 10.8. The molecule has 5 nitrogen and oxygen atoms in total. The maximum atomic E-state index is 11.4. The van der Waals surface area contributed by atoms with Crippen LogP contribution in [0, 0.1) is 0 Å². The molecule has 0 atom stereocenters. The molecular formula is C14H18N4OS. The zero-order valence-electron chi connectivity index (χ0n) is 11.4. The number of nitrogens with zero attached hydrogens (tertiary/aromatic N) is 2. The van der Waals surface area contributed by atoms with Crippen molar-refractivity contribution < 1.29 is 4.79 Å². The Morgan fingerprint density at radius 2 is 2.10 bits per heavy atom. The largest absolute Gasteiger partial charge is 0.296 e. The Labute approximate surface area is 122 Å². The third-order valence-electron chi connectivity index (χ3n) is 2.99. The molecule has 1 heterocycles. The summed E-state index contributed by atoms with van der Waals surface area (Å²) in [6, 6.07) is 7.91. The van der Waals surface area contributed by atoms with E-state index >= 15 is 0 Å². The summed E-state index contributed by atoms with van der Waals surface area (Å²) in [6.07, 6.45) is 0.303. The lowest BCUT2D eigenvalue weighted by Crippen LogP contribution is -2.31. The van der Waals surface area contributed by atoms with Crippen molar-refractivity contribution in [1.82, 2.24) is 15.3 Å². The van der Waals surface area contributed by atoms with Crippen molar-refractivity contribution in [3.05, 3.63) is 52.0 Å². The fourth-order valence-corrected chi connectivity index (χ4v) is 2.60. The lowest BCUT2D eigenvalue weighted by Gasteiger charge is -2.17. The molecule has 0 aliphatic carbocycles. The van der Waals surface area contributed by atoms with Crippen LogP contribution in [0.1, 0.15) is 16.8 Å². The average molecular weight is 290 g/mol. The molecule has 106 valence electrons. The van der Waals surface area contributed by atoms with Crippen molar-refractivity contribution in [2.75, 3.05) is 7.05 Å². The van der Waals surface area contributed by atoms with Gasteiger partial charge < -0.3 is 0 Å². The molecular weight excluding hydrogens is 272 g/mol. The maximum absolute atomic E-state index is 11.4. The predicted molar refractivity (Wildman–Crippen MR) is 79.8 cm³/mol. The van der Waals surface area contributed by atoms with E-state index in [0.717, 1.165) is 29.9 Å². The highest BCUT2D eigenvalue weighted by molar-refractivity contribution is 7.07. The SMILES string of the molecule is CN(Cc1cscn1)Cc1ccccc1CC(=O)NN. The number of amides is 1. The van der Waals surface area contributed by atoms with Crippen LogP contribution in [0.15, 0.2) is 35.2 Å². The van der Waals surface area contributed by atoms with Gasteiger partial charge in [0.1, 0.15) is 0 Å². The zero-order chi connectivity index (χ0) is 14.4. The van der Waals surface area contributed by atoms with Crippen LogP contribution >= 0.6 is 11.3 Å². The number of benzene rings is 1. The van der Waals surface area contributed by atoms with Gasteiger partial charge in [0.05, 0.1) is 17.6 Å². The highest BCUT2D eigenvalue weighted by Crippen LogP contribution is 2.13. The summed E-state index contributed by atoms with van der Waals surface area (Å²) in [6.45, 7) is 1.56. The molecule has 0 fully saturated rings. The molecule has 2 aromatic rings. The van der Waals surface area contributed by atoms with E-state index in [4.69, 9.17) is 5.84 Å². The number of nitrogens with one attached hydrogen (secondary N) is 1. The number of rotatable bonds is 6. The van der Waals surface area contributed by atoms with Gasteiger partial charge in [-0.3, -0.25) is 15.1 Å². The minimum absolute atomic E-state index is 0.181. The maximum Gasteiger partial charge on any atom is 0.238 e. The summed E-state index contributed by atoms with van der Waals surface area (Å²) < 4.78 is 0. The summed E-state index contributed by atoms with van der Waals surface area (Å²) >= 11 is 1.60. The summed E-state index contributed by atoms with van der Waals surface area (Å²) in [5.41, 5.74) is 7.20. The van der Waals surface area contributed by atoms with Crippen LogP contribution in [0.5, 0.6) is 0 Å². The minimum Gasteiger partial charge on any atom is -0.296 e. The minimum atomic E-state index is -0.181. The molecule has 0 saturated heterocycles. The lowest BCUT2D eigenvalue weighted by molar-refractivity contribution is -0.120. The first kappa shape index (κ1) is 14.6. The topological polar surface area (TPSA) is 71.2 Å². The van der Waals surface area contributed by atoms with Crippen molar-refractivity contribution in [1.29, 1.82) is 0 Å². The first-order valence-corrected chi connectivity index (χ1v) is 7.25. The van der Waals surface area contributed by atoms with Gasteiger partial charge >= 0.3 is 0 Å². The second kappa shape index (κ2) is 7.14. The smallest absolute Gasteiger partial charge is 0.238 e. The van der Waals surface area contributed by atoms with Crippen molar-refractivity contribution in [3.8, 4) is 0 Å². The molecule has 6 heteroatoms. The number of hydrogen-bond acceptors (Lipinski definition) is 5. The van der Waals surface area contributed by atoms with E-state index in [1.54, 1.807) is 11.3 Å². The van der Waals surface area contributed by atoms with Crippen LogP contribution in [-0.2, 0) is 24.3 Å². The number of aromatic nitrogens is 1. The number of hydrogen-bond donors (Lipinski definition) is 2. The molecule has 2 rings (SSSR count). The van der Waals surface area contributed by atoms with E-state index in [1.807, 2.05) is 42.2 Å². The van der Waals surface area contributed by atoms with Crippen LogP contribution in [0.3, 0.4) is 0 Å². The third-order valence-corrected chi connectivity index (χ3v) is 3.62. The quantitative estimate of drug-likeness (QED) is 0.478. The number of carbonyl (C=O) groups excluding carboxylic acids is 1. The standard InChI is InChI=1S/C14H18N4OS/c1-18(8-13-9-20-10-16-13)7-12-5-3-2-4-11(12)6-14(19)17-15/h2-5,9-10H,6-8,15H2,1H3,(H,17,19). The summed E-state index contributed by atoms with van der Waals surface area (Å²) in [5, 5.41) is 2.05. The highest BCUT2D eigenvalue weighted by atomic mass is 32.1. The summed E-state index contributed by atoms with van der Waals surface area (Å²) in [7, 11) is 2.04. The van der Waals surface area contributed by atoms with Gasteiger partial charge in [-0.1, -0.05) is 24.3 Å². The van der Waals surface area contributed by atoms with Gasteiger partial charge in [0, 0.05) is 18.5 Å². The van der Waals surface area contributed by atoms with Crippen molar-refractivity contribution >= 4 is 17.2 Å². The molecule has 1 aromatic carbocycles. The van der Waals surface area contributed by atoms with Crippen LogP contribution in [0.2, 0.25) is 0 Å². The van der Waals surface area contributed by atoms with Gasteiger partial charge in [-0.2, -0.15) is 0 Å². The van der Waals surface area contributed by atoms with E-state index in [9.17, 15) is 4.79 Å². The summed E-state index contributed by atoms with van der Waals surface area (Å²) in [5.74, 6) is 4.96. The van der Waals surface area contributed by atoms with E-state index in [1.165, 1.54) is 0 Å². The van der Waals surface area contributed by atoms with Crippen LogP contribution < -0.4 is 11.3 Å². The predicted octanol–water partition coefficient (Wildman–Crippen LogP) is 1.31. The molecule has 0 aliphatic heterocycles. The molecule has 0 bridgehead atoms. The third kappa shape index (κ3) is 4.12. The van der Waals surface area contributed by atoms with Crippen LogP contribution in [-0.4, -0.2) is 22.8 Å². The number of hydrazine groups is 1. The van der Waals surface area contributed by atoms with E-state index in [0.29, 0.717) is 6.42 Å². The molecule has 3 N–H and O–H groups in total. The Morgan fingerprint density at radius 3 is 2.75 bits per heavy atom.